The van der Waals surface area contributed by atoms with Crippen LogP contribution in [0.25, 0.3) is 11.0 Å². The summed E-state index contributed by atoms with van der Waals surface area (Å²) < 4.78 is 103. The fourth-order valence-corrected chi connectivity index (χ4v) is 3.34. The first-order valence-electron chi connectivity index (χ1n) is 11.2. The molecule has 41 heavy (non-hydrogen) atoms. The predicted molar refractivity (Wildman–Crippen MR) is 119 cm³/mol. The Morgan fingerprint density at radius 2 is 1.56 bits per heavy atom. The molecule has 1 fully saturated rings. The summed E-state index contributed by atoms with van der Waals surface area (Å²) in [6.07, 6.45) is -13.5. The van der Waals surface area contributed by atoms with Gasteiger partial charge in [-0.05, 0) is 44.4 Å². The number of pyridine rings is 1. The van der Waals surface area contributed by atoms with Gasteiger partial charge in [-0.3, -0.25) is 9.36 Å². The second-order valence-electron chi connectivity index (χ2n) is 8.49. The second-order valence-corrected chi connectivity index (χ2v) is 8.49. The number of nitrogens with one attached hydrogen (secondary N) is 1. The van der Waals surface area contributed by atoms with Crippen LogP contribution < -0.4 is 10.9 Å². The van der Waals surface area contributed by atoms with Crippen LogP contribution in [0.3, 0.4) is 0 Å². The van der Waals surface area contributed by atoms with Gasteiger partial charge in [0, 0.05) is 6.04 Å². The molecule has 0 spiro atoms. The van der Waals surface area contributed by atoms with Crippen molar-refractivity contribution in [3.8, 4) is 0 Å². The lowest BCUT2D eigenvalue weighted by atomic mass is 9.96. The Balaban J connectivity index is 0.000000497. The molecule has 3 heterocycles. The Bertz CT molecular complexity index is 1240. The number of carbonyl (C=O) groups is 2. The van der Waals surface area contributed by atoms with Gasteiger partial charge >= 0.3 is 30.5 Å². The number of alkyl halides is 9. The first-order chi connectivity index (χ1) is 18.6. The molecule has 0 aliphatic carbocycles. The molecule has 5 N–H and O–H groups in total. The standard InChI is InChI=1S/C17H21F3N4O3.2C2HF3O2/c1-9-5-13(17(18,19)20)23-15-14(9)22-8-24(16(15)27)7-10(25)6-11-12(26)3-2-4-21-11;2*3-2(4,5)1(6)7/h5,8,10-12,21,25-26H,2-4,6-7H2,1H3;2*(H,6,7)/t10?,11-,12+;;/m1../s1. The topological polar surface area (TPSA) is 175 Å². The first-order valence-corrected chi connectivity index (χ1v) is 11.2. The molecule has 1 aliphatic heterocycles. The van der Waals surface area contributed by atoms with E-state index in [-0.39, 0.29) is 35.6 Å². The van der Waals surface area contributed by atoms with E-state index < -0.39 is 53.9 Å². The Morgan fingerprint density at radius 1 is 1.05 bits per heavy atom. The average molecular weight is 614 g/mol. The maximum Gasteiger partial charge on any atom is 0.490 e. The van der Waals surface area contributed by atoms with Gasteiger partial charge in [0.05, 0.1) is 30.6 Å². The number of piperidine rings is 1. The molecular formula is C21H23F9N4O7. The zero-order chi connectivity index (χ0) is 31.9. The van der Waals surface area contributed by atoms with E-state index in [0.29, 0.717) is 6.42 Å². The molecular weight excluding hydrogens is 591 g/mol. The number of nitrogens with zero attached hydrogens (tertiary/aromatic N) is 3. The van der Waals surface area contributed by atoms with E-state index in [1.807, 2.05) is 0 Å². The number of halogens is 9. The van der Waals surface area contributed by atoms with E-state index in [2.05, 4.69) is 15.3 Å². The number of carboxylic acid groups (broad SMARTS) is 2. The maximum absolute atomic E-state index is 13.0. The van der Waals surface area contributed by atoms with Crippen molar-refractivity contribution in [2.75, 3.05) is 6.54 Å². The lowest BCUT2D eigenvalue weighted by Gasteiger charge is -2.30. The van der Waals surface area contributed by atoms with E-state index in [0.717, 1.165) is 23.6 Å². The molecule has 0 radical (unpaired) electrons. The van der Waals surface area contributed by atoms with E-state index in [9.17, 15) is 54.5 Å². The lowest BCUT2D eigenvalue weighted by molar-refractivity contribution is -0.193. The number of aliphatic hydroxyl groups is 2. The monoisotopic (exact) mass is 614 g/mol. The van der Waals surface area contributed by atoms with Crippen molar-refractivity contribution in [1.29, 1.82) is 0 Å². The van der Waals surface area contributed by atoms with Gasteiger partial charge < -0.3 is 25.7 Å². The number of carboxylic acids is 2. The first kappa shape index (κ1) is 35.5. The van der Waals surface area contributed by atoms with Gasteiger partial charge in [0.25, 0.3) is 5.56 Å². The molecule has 2 aromatic rings. The summed E-state index contributed by atoms with van der Waals surface area (Å²) >= 11 is 0. The zero-order valence-corrected chi connectivity index (χ0v) is 20.7. The van der Waals surface area contributed by atoms with Crippen LogP contribution in [0.2, 0.25) is 0 Å². The molecule has 0 aromatic carbocycles. The van der Waals surface area contributed by atoms with Crippen LogP contribution in [-0.2, 0) is 22.3 Å². The summed E-state index contributed by atoms with van der Waals surface area (Å²) in [4.78, 5) is 37.8. The molecule has 20 heteroatoms. The van der Waals surface area contributed by atoms with Gasteiger partial charge in [-0.2, -0.15) is 39.5 Å². The minimum Gasteiger partial charge on any atom is -0.475 e. The number of fused-ring (bicyclic) bond motifs is 1. The van der Waals surface area contributed by atoms with E-state index in [4.69, 9.17) is 19.8 Å². The summed E-state index contributed by atoms with van der Waals surface area (Å²) in [5, 5.41) is 37.6. The summed E-state index contributed by atoms with van der Waals surface area (Å²) in [6.45, 7) is 2.01. The van der Waals surface area contributed by atoms with Crippen molar-refractivity contribution >= 4 is 23.0 Å². The number of aryl methyl sites for hydroxylation is 1. The summed E-state index contributed by atoms with van der Waals surface area (Å²) in [5.74, 6) is -5.51. The van der Waals surface area contributed by atoms with Gasteiger partial charge in [-0.1, -0.05) is 0 Å². The van der Waals surface area contributed by atoms with E-state index >= 15 is 0 Å². The number of rotatable bonds is 4. The fourth-order valence-electron chi connectivity index (χ4n) is 3.34. The molecule has 1 unspecified atom stereocenters. The third-order valence-corrected chi connectivity index (χ3v) is 5.23. The highest BCUT2D eigenvalue weighted by molar-refractivity contribution is 5.76. The van der Waals surface area contributed by atoms with Gasteiger partial charge in [-0.25, -0.2) is 19.6 Å². The van der Waals surface area contributed by atoms with Crippen LogP contribution in [0.15, 0.2) is 17.2 Å². The fraction of sp³-hybridized carbons (Fsp3) is 0.571. The van der Waals surface area contributed by atoms with Crippen molar-refractivity contribution < 1.29 is 69.5 Å². The average Bonchev–Trinajstić information content (AvgIpc) is 2.81. The Hall–Kier alpha value is -3.52. The molecule has 3 atom stereocenters. The predicted octanol–water partition coefficient (Wildman–Crippen LogP) is 2.25. The molecule has 1 aliphatic rings. The van der Waals surface area contributed by atoms with Gasteiger partial charge in [0.2, 0.25) is 0 Å². The number of hydrogen-bond donors (Lipinski definition) is 5. The van der Waals surface area contributed by atoms with Gasteiger partial charge in [0.1, 0.15) is 5.69 Å². The third-order valence-electron chi connectivity index (χ3n) is 5.23. The zero-order valence-electron chi connectivity index (χ0n) is 20.7. The molecule has 1 saturated heterocycles. The molecule has 11 nitrogen and oxygen atoms in total. The highest BCUT2D eigenvalue weighted by atomic mass is 19.4. The summed E-state index contributed by atoms with van der Waals surface area (Å²) in [6, 6.07) is 0.555. The highest BCUT2D eigenvalue weighted by Crippen LogP contribution is 2.29. The van der Waals surface area contributed by atoms with Crippen molar-refractivity contribution in [2.45, 2.75) is 69.5 Å². The van der Waals surface area contributed by atoms with Crippen LogP contribution in [0.1, 0.15) is 30.5 Å². The smallest absolute Gasteiger partial charge is 0.475 e. The highest BCUT2D eigenvalue weighted by Gasteiger charge is 2.39. The van der Waals surface area contributed by atoms with Crippen LogP contribution in [-0.4, -0.2) is 84.0 Å². The molecule has 2 aromatic heterocycles. The number of hydrogen-bond acceptors (Lipinski definition) is 8. The summed E-state index contributed by atoms with van der Waals surface area (Å²) in [7, 11) is 0. The normalized spacial score (nSPS) is 18.4. The SMILES string of the molecule is Cc1cc(C(F)(F)F)nc2c(=O)n(CC(O)C[C@H]3NCCC[C@@H]3O)cnc12.O=C(O)C(F)(F)F.O=C(O)C(F)(F)F. The van der Waals surface area contributed by atoms with Gasteiger partial charge in [-0.15, -0.1) is 0 Å². The van der Waals surface area contributed by atoms with Crippen molar-refractivity contribution in [3.63, 3.8) is 0 Å². The Morgan fingerprint density at radius 3 is 2.00 bits per heavy atom. The minimum absolute atomic E-state index is 0.100. The van der Waals surface area contributed by atoms with Crippen molar-refractivity contribution in [2.24, 2.45) is 0 Å². The molecule has 3 rings (SSSR count). The van der Waals surface area contributed by atoms with E-state index in [1.165, 1.54) is 13.3 Å². The van der Waals surface area contributed by atoms with Gasteiger partial charge in [0.15, 0.2) is 5.52 Å². The molecule has 232 valence electrons. The third kappa shape index (κ3) is 11.1. The van der Waals surface area contributed by atoms with Crippen molar-refractivity contribution in [3.05, 3.63) is 34.0 Å². The second kappa shape index (κ2) is 13.9. The van der Waals surface area contributed by atoms with Crippen LogP contribution in [0.4, 0.5) is 39.5 Å². The number of aliphatic hydroxyl groups excluding tert-OH is 2. The van der Waals surface area contributed by atoms with Crippen LogP contribution in [0, 0.1) is 6.92 Å². The molecule has 0 bridgehead atoms. The molecule has 0 amide bonds. The van der Waals surface area contributed by atoms with E-state index in [1.54, 1.807) is 0 Å². The molecule has 0 saturated carbocycles. The maximum atomic E-state index is 13.0. The quantitative estimate of drug-likeness (QED) is 0.322. The number of aliphatic carboxylic acids is 2. The Kier molecular flexibility index (Phi) is 12.0. The Labute approximate surface area is 223 Å². The van der Waals surface area contributed by atoms with Crippen LogP contribution in [0.5, 0.6) is 0 Å². The minimum atomic E-state index is -5.08. The van der Waals surface area contributed by atoms with Crippen molar-refractivity contribution in [1.82, 2.24) is 19.9 Å². The van der Waals surface area contributed by atoms with Crippen LogP contribution >= 0.6 is 0 Å². The summed E-state index contributed by atoms with van der Waals surface area (Å²) in [5.41, 5.74) is -1.98. The largest absolute Gasteiger partial charge is 0.490 e. The number of aromatic nitrogens is 3. The lowest BCUT2D eigenvalue weighted by Crippen LogP contribution is -2.47.